The van der Waals surface area contributed by atoms with E-state index in [0.717, 1.165) is 18.7 Å². The molecule has 2 nitrogen and oxygen atoms in total. The molecule has 1 heterocycles. The Labute approximate surface area is 93.1 Å². The first-order chi connectivity index (χ1) is 6.94. The molecule has 15 heavy (non-hydrogen) atoms. The van der Waals surface area contributed by atoms with Gasteiger partial charge in [-0.15, -0.1) is 0 Å². The van der Waals surface area contributed by atoms with Crippen LogP contribution in [0.2, 0.25) is 0 Å². The van der Waals surface area contributed by atoms with Gasteiger partial charge in [-0.2, -0.15) is 0 Å². The van der Waals surface area contributed by atoms with Crippen LogP contribution in [0.15, 0.2) is 12.2 Å². The fourth-order valence-electron chi connectivity index (χ4n) is 2.20. The molecule has 1 aliphatic heterocycles. The summed E-state index contributed by atoms with van der Waals surface area (Å²) in [4.78, 5) is 12.1. The van der Waals surface area contributed by atoms with E-state index in [1.807, 2.05) is 6.92 Å². The van der Waals surface area contributed by atoms with Crippen LogP contribution in [0.3, 0.4) is 0 Å². The van der Waals surface area contributed by atoms with Crippen molar-refractivity contribution in [1.82, 2.24) is 5.32 Å². The minimum absolute atomic E-state index is 0.202. The molecule has 0 aliphatic carbocycles. The second-order valence-electron chi connectivity index (χ2n) is 5.32. The summed E-state index contributed by atoms with van der Waals surface area (Å²) in [5, 5.41) is 3.37. The SMILES string of the molecule is C=C(C)CC(=O)C(C)(C)C1CCCNC1. The molecular weight excluding hydrogens is 186 g/mol. The molecule has 1 atom stereocenters. The second kappa shape index (κ2) is 4.93. The van der Waals surface area contributed by atoms with E-state index >= 15 is 0 Å². The maximum atomic E-state index is 12.1. The quantitative estimate of drug-likeness (QED) is 0.721. The van der Waals surface area contributed by atoms with Crippen LogP contribution in [0, 0.1) is 11.3 Å². The zero-order chi connectivity index (χ0) is 11.5. The lowest BCUT2D eigenvalue weighted by Gasteiger charge is -2.36. The molecule has 1 saturated heterocycles. The average Bonchev–Trinajstić information content (AvgIpc) is 2.18. The number of carbonyl (C=O) groups is 1. The van der Waals surface area contributed by atoms with Crippen molar-refractivity contribution in [3.8, 4) is 0 Å². The lowest BCUT2D eigenvalue weighted by Crippen LogP contribution is -2.42. The van der Waals surface area contributed by atoms with E-state index in [-0.39, 0.29) is 5.41 Å². The Morgan fingerprint density at radius 1 is 1.53 bits per heavy atom. The van der Waals surface area contributed by atoms with Gasteiger partial charge in [-0.05, 0) is 38.8 Å². The van der Waals surface area contributed by atoms with E-state index in [9.17, 15) is 4.79 Å². The number of allylic oxidation sites excluding steroid dienone is 1. The molecule has 0 spiro atoms. The van der Waals surface area contributed by atoms with E-state index in [4.69, 9.17) is 0 Å². The normalized spacial score (nSPS) is 22.5. The van der Waals surface area contributed by atoms with Gasteiger partial charge in [0.25, 0.3) is 0 Å². The van der Waals surface area contributed by atoms with Crippen molar-refractivity contribution in [3.05, 3.63) is 12.2 Å². The van der Waals surface area contributed by atoms with Crippen LogP contribution in [0.5, 0.6) is 0 Å². The lowest BCUT2D eigenvalue weighted by atomic mass is 9.71. The molecule has 1 aliphatic rings. The molecule has 0 aromatic rings. The zero-order valence-electron chi connectivity index (χ0n) is 10.2. The first kappa shape index (κ1) is 12.4. The van der Waals surface area contributed by atoms with E-state index in [1.165, 1.54) is 12.8 Å². The van der Waals surface area contributed by atoms with Crippen LogP contribution in [-0.4, -0.2) is 18.9 Å². The summed E-state index contributed by atoms with van der Waals surface area (Å²) in [6, 6.07) is 0. The van der Waals surface area contributed by atoms with E-state index < -0.39 is 0 Å². The molecule has 0 saturated carbocycles. The molecule has 2 heteroatoms. The smallest absolute Gasteiger partial charge is 0.142 e. The number of hydrogen-bond acceptors (Lipinski definition) is 2. The molecule has 1 N–H and O–H groups in total. The molecule has 1 unspecified atom stereocenters. The highest BCUT2D eigenvalue weighted by atomic mass is 16.1. The third-order valence-corrected chi connectivity index (χ3v) is 3.50. The summed E-state index contributed by atoms with van der Waals surface area (Å²) in [6.45, 7) is 12.0. The minimum atomic E-state index is -0.202. The van der Waals surface area contributed by atoms with Gasteiger partial charge < -0.3 is 5.32 Å². The predicted molar refractivity (Wildman–Crippen MR) is 63.8 cm³/mol. The molecule has 0 aromatic carbocycles. The Bertz CT molecular complexity index is 249. The largest absolute Gasteiger partial charge is 0.316 e. The van der Waals surface area contributed by atoms with Crippen LogP contribution in [-0.2, 0) is 4.79 Å². The third kappa shape index (κ3) is 3.16. The fraction of sp³-hybridized carbons (Fsp3) is 0.769. The number of Topliss-reactive ketones (excluding diaryl/α,β-unsaturated/α-hetero) is 1. The maximum absolute atomic E-state index is 12.1. The lowest BCUT2D eigenvalue weighted by molar-refractivity contribution is -0.129. The van der Waals surface area contributed by atoms with Gasteiger partial charge in [-0.1, -0.05) is 26.0 Å². The van der Waals surface area contributed by atoms with E-state index in [2.05, 4.69) is 25.7 Å². The standard InChI is InChI=1S/C13H23NO/c1-10(2)8-12(15)13(3,4)11-6-5-7-14-9-11/h11,14H,1,5-9H2,2-4H3. The van der Waals surface area contributed by atoms with Crippen molar-refractivity contribution < 1.29 is 4.79 Å². The highest BCUT2D eigenvalue weighted by molar-refractivity contribution is 5.86. The van der Waals surface area contributed by atoms with Gasteiger partial charge in [0.2, 0.25) is 0 Å². The van der Waals surface area contributed by atoms with Crippen LogP contribution in [0.4, 0.5) is 0 Å². The van der Waals surface area contributed by atoms with Crippen molar-refractivity contribution in [2.75, 3.05) is 13.1 Å². The monoisotopic (exact) mass is 209 g/mol. The minimum Gasteiger partial charge on any atom is -0.316 e. The van der Waals surface area contributed by atoms with Crippen LogP contribution in [0.25, 0.3) is 0 Å². The molecule has 0 radical (unpaired) electrons. The summed E-state index contributed by atoms with van der Waals surface area (Å²) in [5.41, 5.74) is 0.767. The van der Waals surface area contributed by atoms with E-state index in [0.29, 0.717) is 18.1 Å². The molecule has 0 aromatic heterocycles. The Hall–Kier alpha value is -0.630. The van der Waals surface area contributed by atoms with Gasteiger partial charge in [-0.25, -0.2) is 0 Å². The number of ketones is 1. The van der Waals surface area contributed by atoms with Gasteiger partial charge in [0.1, 0.15) is 5.78 Å². The highest BCUT2D eigenvalue weighted by Crippen LogP contribution is 2.34. The number of rotatable bonds is 4. The number of carbonyl (C=O) groups excluding carboxylic acids is 1. The average molecular weight is 209 g/mol. The Kier molecular flexibility index (Phi) is 4.09. The van der Waals surface area contributed by atoms with Gasteiger partial charge in [0, 0.05) is 11.8 Å². The molecule has 1 rings (SSSR count). The summed E-state index contributed by atoms with van der Waals surface area (Å²) in [5.74, 6) is 0.821. The van der Waals surface area contributed by atoms with Gasteiger partial charge >= 0.3 is 0 Å². The molecule has 86 valence electrons. The van der Waals surface area contributed by atoms with Gasteiger partial charge in [0.15, 0.2) is 0 Å². The Morgan fingerprint density at radius 3 is 2.67 bits per heavy atom. The summed E-state index contributed by atoms with van der Waals surface area (Å²) in [6.07, 6.45) is 2.89. The maximum Gasteiger partial charge on any atom is 0.142 e. The zero-order valence-corrected chi connectivity index (χ0v) is 10.2. The van der Waals surface area contributed by atoms with E-state index in [1.54, 1.807) is 0 Å². The summed E-state index contributed by atoms with van der Waals surface area (Å²) < 4.78 is 0. The number of hydrogen-bond donors (Lipinski definition) is 1. The third-order valence-electron chi connectivity index (χ3n) is 3.50. The Balaban J connectivity index is 2.62. The summed E-state index contributed by atoms with van der Waals surface area (Å²) in [7, 11) is 0. The molecular formula is C13H23NO. The summed E-state index contributed by atoms with van der Waals surface area (Å²) >= 11 is 0. The van der Waals surface area contributed by atoms with Gasteiger partial charge in [0.05, 0.1) is 0 Å². The number of piperidine rings is 1. The first-order valence-electron chi connectivity index (χ1n) is 5.83. The van der Waals surface area contributed by atoms with Crippen LogP contribution in [0.1, 0.15) is 40.0 Å². The highest BCUT2D eigenvalue weighted by Gasteiger charge is 2.36. The van der Waals surface area contributed by atoms with Crippen LogP contribution < -0.4 is 5.32 Å². The van der Waals surface area contributed by atoms with Crippen molar-refractivity contribution in [2.24, 2.45) is 11.3 Å². The first-order valence-corrected chi connectivity index (χ1v) is 5.83. The molecule has 0 amide bonds. The van der Waals surface area contributed by atoms with Crippen molar-refractivity contribution in [3.63, 3.8) is 0 Å². The van der Waals surface area contributed by atoms with Crippen LogP contribution >= 0.6 is 0 Å². The predicted octanol–water partition coefficient (Wildman–Crippen LogP) is 2.55. The van der Waals surface area contributed by atoms with Crippen molar-refractivity contribution >= 4 is 5.78 Å². The Morgan fingerprint density at radius 2 is 2.20 bits per heavy atom. The van der Waals surface area contributed by atoms with Crippen molar-refractivity contribution in [1.29, 1.82) is 0 Å². The molecule has 1 fully saturated rings. The molecule has 0 bridgehead atoms. The topological polar surface area (TPSA) is 29.1 Å². The number of nitrogens with one attached hydrogen (secondary N) is 1. The fourth-order valence-corrected chi connectivity index (χ4v) is 2.20. The second-order valence-corrected chi connectivity index (χ2v) is 5.32. The van der Waals surface area contributed by atoms with Gasteiger partial charge in [-0.3, -0.25) is 4.79 Å². The van der Waals surface area contributed by atoms with Crippen molar-refractivity contribution in [2.45, 2.75) is 40.0 Å².